The van der Waals surface area contributed by atoms with Crippen molar-refractivity contribution in [2.45, 2.75) is 0 Å². The Bertz CT molecular complexity index is 1090. The van der Waals surface area contributed by atoms with Crippen molar-refractivity contribution in [3.63, 3.8) is 0 Å². The molecule has 4 rings (SSSR count). The second-order valence-electron chi connectivity index (χ2n) is 6.54. The van der Waals surface area contributed by atoms with Crippen LogP contribution in [-0.2, 0) is 7.05 Å². The average Bonchev–Trinajstić information content (AvgIpc) is 2.74. The number of rotatable bonds is 3. The first-order valence-electron chi connectivity index (χ1n) is 8.94. The van der Waals surface area contributed by atoms with E-state index in [9.17, 15) is 9.59 Å². The Morgan fingerprint density at radius 1 is 1.07 bits per heavy atom. The number of methoxy groups -OCH3 is 1. The fourth-order valence-corrected chi connectivity index (χ4v) is 3.33. The Kier molecular flexibility index (Phi) is 4.64. The molecule has 2 aromatic heterocycles. The lowest BCUT2D eigenvalue weighted by Gasteiger charge is -2.36. The number of aryl methyl sites for hydroxylation is 1. The van der Waals surface area contributed by atoms with Gasteiger partial charge in [0.15, 0.2) is 0 Å². The number of carbonyl (C=O) groups is 1. The van der Waals surface area contributed by atoms with Crippen LogP contribution in [0.25, 0.3) is 10.9 Å². The Morgan fingerprint density at radius 3 is 2.57 bits per heavy atom. The molecule has 1 fully saturated rings. The van der Waals surface area contributed by atoms with Gasteiger partial charge in [-0.1, -0.05) is 0 Å². The molecule has 0 spiro atoms. The van der Waals surface area contributed by atoms with Crippen molar-refractivity contribution in [3.05, 3.63) is 52.7 Å². The molecule has 1 amide bonds. The molecule has 0 atom stereocenters. The minimum absolute atomic E-state index is 0.163. The third-order valence-electron chi connectivity index (χ3n) is 4.89. The summed E-state index contributed by atoms with van der Waals surface area (Å²) in [5, 5.41) is 4.91. The zero-order chi connectivity index (χ0) is 19.7. The van der Waals surface area contributed by atoms with Crippen LogP contribution in [0.4, 0.5) is 5.69 Å². The van der Waals surface area contributed by atoms with Crippen LogP contribution >= 0.6 is 0 Å². The van der Waals surface area contributed by atoms with E-state index in [0.29, 0.717) is 32.1 Å². The summed E-state index contributed by atoms with van der Waals surface area (Å²) in [6, 6.07) is 8.81. The normalized spacial score (nSPS) is 14.4. The fraction of sp³-hybridized carbons (Fsp3) is 0.316. The van der Waals surface area contributed by atoms with Gasteiger partial charge in [-0.3, -0.25) is 9.59 Å². The van der Waals surface area contributed by atoms with Crippen LogP contribution in [0.2, 0.25) is 0 Å². The molecule has 1 aliphatic heterocycles. The lowest BCUT2D eigenvalue weighted by Crippen LogP contribution is -2.49. The number of ether oxygens (including phenoxy) is 1. The Labute approximate surface area is 161 Å². The number of anilines is 1. The summed E-state index contributed by atoms with van der Waals surface area (Å²) in [5.41, 5.74) is 1.90. The first-order valence-corrected chi connectivity index (χ1v) is 8.94. The maximum Gasteiger partial charge on any atom is 0.274 e. The van der Waals surface area contributed by atoms with Crippen molar-refractivity contribution in [2.75, 3.05) is 38.2 Å². The second kappa shape index (κ2) is 7.26. The summed E-state index contributed by atoms with van der Waals surface area (Å²) in [6.45, 7) is 2.53. The number of aromatic nitrogens is 4. The van der Waals surface area contributed by atoms with Gasteiger partial charge >= 0.3 is 0 Å². The molecule has 0 bridgehead atoms. The van der Waals surface area contributed by atoms with Gasteiger partial charge in [0.25, 0.3) is 11.5 Å². The highest BCUT2D eigenvalue weighted by atomic mass is 16.5. The summed E-state index contributed by atoms with van der Waals surface area (Å²) in [7, 11) is 3.13. The van der Waals surface area contributed by atoms with E-state index in [4.69, 9.17) is 4.74 Å². The van der Waals surface area contributed by atoms with Crippen LogP contribution in [-0.4, -0.2) is 63.8 Å². The summed E-state index contributed by atoms with van der Waals surface area (Å²) in [6.07, 6.45) is 1.48. The van der Waals surface area contributed by atoms with Crippen molar-refractivity contribution >= 4 is 22.5 Å². The Morgan fingerprint density at radius 2 is 1.86 bits per heavy atom. The van der Waals surface area contributed by atoms with Gasteiger partial charge in [-0.25, -0.2) is 14.6 Å². The van der Waals surface area contributed by atoms with E-state index in [1.807, 2.05) is 18.2 Å². The van der Waals surface area contributed by atoms with Crippen LogP contribution in [0.5, 0.6) is 5.88 Å². The maximum atomic E-state index is 12.7. The summed E-state index contributed by atoms with van der Waals surface area (Å²) >= 11 is 0. The highest BCUT2D eigenvalue weighted by Crippen LogP contribution is 2.27. The number of hydrogen-bond donors (Lipinski definition) is 0. The highest BCUT2D eigenvalue weighted by molar-refractivity contribution is 5.92. The van der Waals surface area contributed by atoms with Crippen LogP contribution in [0.1, 0.15) is 10.5 Å². The second-order valence-corrected chi connectivity index (χ2v) is 6.54. The zero-order valence-corrected chi connectivity index (χ0v) is 15.7. The molecule has 1 aliphatic rings. The molecule has 9 nitrogen and oxygen atoms in total. The van der Waals surface area contributed by atoms with E-state index >= 15 is 0 Å². The highest BCUT2D eigenvalue weighted by Gasteiger charge is 2.24. The van der Waals surface area contributed by atoms with E-state index in [1.54, 1.807) is 12.0 Å². The smallest absolute Gasteiger partial charge is 0.274 e. The molecule has 9 heteroatoms. The van der Waals surface area contributed by atoms with E-state index in [1.165, 1.54) is 30.2 Å². The molecule has 144 valence electrons. The quantitative estimate of drug-likeness (QED) is 0.660. The van der Waals surface area contributed by atoms with Crippen molar-refractivity contribution in [1.29, 1.82) is 0 Å². The monoisotopic (exact) mass is 380 g/mol. The minimum Gasteiger partial charge on any atom is -0.480 e. The number of fused-ring (bicyclic) bond motifs is 1. The van der Waals surface area contributed by atoms with Gasteiger partial charge in [-0.2, -0.15) is 5.10 Å². The number of hydrogen-bond acceptors (Lipinski definition) is 7. The fourth-order valence-electron chi connectivity index (χ4n) is 3.33. The molecule has 0 N–H and O–H groups in total. The molecule has 3 aromatic rings. The lowest BCUT2D eigenvalue weighted by molar-refractivity contribution is 0.0738. The number of piperazine rings is 1. The van der Waals surface area contributed by atoms with Crippen molar-refractivity contribution in [2.24, 2.45) is 7.05 Å². The minimum atomic E-state index is -0.239. The number of nitrogens with zero attached hydrogens (tertiary/aromatic N) is 6. The average molecular weight is 380 g/mol. The van der Waals surface area contributed by atoms with Gasteiger partial charge in [-0.15, -0.1) is 0 Å². The predicted octanol–water partition coefficient (Wildman–Crippen LogP) is 0.695. The first-order chi connectivity index (χ1) is 13.6. The standard InChI is InChI=1S/C19H20N6O3/c1-23-17(26)6-5-16(22-23)19(27)25-9-7-24(8-10-25)13-3-4-15-14(11-13)18(28-2)21-12-20-15/h3-6,11-12H,7-10H2,1-2H3. The molecule has 28 heavy (non-hydrogen) atoms. The number of carbonyl (C=O) groups excluding carboxylic acids is 1. The Balaban J connectivity index is 1.49. The SMILES string of the molecule is COc1ncnc2ccc(N3CCN(C(=O)c4ccc(=O)n(C)n4)CC3)cc12. The third-order valence-corrected chi connectivity index (χ3v) is 4.89. The molecule has 0 radical (unpaired) electrons. The molecule has 1 aromatic carbocycles. The molecule has 0 aliphatic carbocycles. The Hall–Kier alpha value is -3.49. The van der Waals surface area contributed by atoms with Gasteiger partial charge in [0, 0.05) is 45.0 Å². The van der Waals surface area contributed by atoms with Gasteiger partial charge in [-0.05, 0) is 24.3 Å². The topological polar surface area (TPSA) is 93.5 Å². The van der Waals surface area contributed by atoms with Crippen molar-refractivity contribution in [3.8, 4) is 5.88 Å². The number of benzene rings is 1. The van der Waals surface area contributed by atoms with Crippen molar-refractivity contribution < 1.29 is 9.53 Å². The van der Waals surface area contributed by atoms with Crippen LogP contribution in [0.3, 0.4) is 0 Å². The van der Waals surface area contributed by atoms with Crippen LogP contribution in [0.15, 0.2) is 41.5 Å². The molecule has 1 saturated heterocycles. The molecular weight excluding hydrogens is 360 g/mol. The lowest BCUT2D eigenvalue weighted by atomic mass is 10.2. The molecule has 0 saturated carbocycles. The van der Waals surface area contributed by atoms with Crippen molar-refractivity contribution in [1.82, 2.24) is 24.6 Å². The van der Waals surface area contributed by atoms with E-state index in [2.05, 4.69) is 20.0 Å². The summed E-state index contributed by atoms with van der Waals surface area (Å²) in [4.78, 5) is 36.5. The molecule has 0 unspecified atom stereocenters. The van der Waals surface area contributed by atoms with Gasteiger partial charge in [0.05, 0.1) is 18.0 Å². The number of amides is 1. The van der Waals surface area contributed by atoms with Gasteiger partial charge in [0.1, 0.15) is 12.0 Å². The third kappa shape index (κ3) is 3.26. The van der Waals surface area contributed by atoms with E-state index in [0.717, 1.165) is 16.6 Å². The maximum absolute atomic E-state index is 12.7. The summed E-state index contributed by atoms with van der Waals surface area (Å²) < 4.78 is 6.51. The van der Waals surface area contributed by atoms with Gasteiger partial charge in [0.2, 0.25) is 5.88 Å². The largest absolute Gasteiger partial charge is 0.480 e. The van der Waals surface area contributed by atoms with Crippen LogP contribution < -0.4 is 15.2 Å². The summed E-state index contributed by atoms with van der Waals surface area (Å²) in [5.74, 6) is 0.380. The van der Waals surface area contributed by atoms with Crippen LogP contribution in [0, 0.1) is 0 Å². The van der Waals surface area contributed by atoms with E-state index in [-0.39, 0.29) is 17.2 Å². The van der Waals surface area contributed by atoms with E-state index < -0.39 is 0 Å². The van der Waals surface area contributed by atoms with Gasteiger partial charge < -0.3 is 14.5 Å². The zero-order valence-electron chi connectivity index (χ0n) is 15.7. The first kappa shape index (κ1) is 17.9. The molecule has 3 heterocycles. The molecular formula is C19H20N6O3. The predicted molar refractivity (Wildman–Crippen MR) is 104 cm³/mol.